The Morgan fingerprint density at radius 3 is 2.57 bits per heavy atom. The van der Waals surface area contributed by atoms with Crippen LogP contribution < -0.4 is 9.47 Å². The number of likely N-dealkylation sites (tertiary alicyclic amines) is 1. The number of rotatable bonds is 9. The molecule has 1 aliphatic rings. The van der Waals surface area contributed by atoms with Gasteiger partial charge in [-0.3, -0.25) is 4.90 Å². The number of hydrogen-bond acceptors (Lipinski definition) is 6. The molecule has 0 amide bonds. The first kappa shape index (κ1) is 22.6. The van der Waals surface area contributed by atoms with Crippen molar-refractivity contribution in [2.45, 2.75) is 31.6 Å². The first-order chi connectivity index (χ1) is 14.3. The molecule has 6 nitrogen and oxygen atoms in total. The average molecular weight is 415 g/mol. The monoisotopic (exact) mass is 414 g/mol. The molecule has 0 spiro atoms. The highest BCUT2D eigenvalue weighted by atomic mass is 16.5. The van der Waals surface area contributed by atoms with Gasteiger partial charge in [-0.1, -0.05) is 24.3 Å². The predicted octanol–water partition coefficient (Wildman–Crippen LogP) is 2.31. The molecule has 3 rings (SSSR count). The van der Waals surface area contributed by atoms with Gasteiger partial charge in [-0.2, -0.15) is 0 Å². The van der Waals surface area contributed by atoms with Gasteiger partial charge in [-0.25, -0.2) is 0 Å². The Bertz CT molecular complexity index is 813. The number of aliphatic hydroxyl groups is 2. The van der Waals surface area contributed by atoms with Crippen LogP contribution in [0.3, 0.4) is 0 Å². The minimum Gasteiger partial charge on any atom is -0.492 e. The van der Waals surface area contributed by atoms with Crippen LogP contribution in [-0.4, -0.2) is 78.7 Å². The number of hydrogen-bond donors (Lipinski definition) is 2. The summed E-state index contributed by atoms with van der Waals surface area (Å²) in [6.45, 7) is 5.32. The molecule has 30 heavy (non-hydrogen) atoms. The number of β-amino-alcohol motifs (C(OH)–C–C–N with tert-alkyl or cyclic N) is 1. The van der Waals surface area contributed by atoms with E-state index in [-0.39, 0.29) is 6.61 Å². The summed E-state index contributed by atoms with van der Waals surface area (Å²) in [6.07, 6.45) is -0.300. The van der Waals surface area contributed by atoms with Gasteiger partial charge in [0.25, 0.3) is 0 Å². The molecule has 2 N–H and O–H groups in total. The standard InChI is InChI=1S/C24H34N2O4/c1-19-6-4-8-21(14-19)30-18-24(28)17-26(11-10-23(24)27)16-20-7-5-9-22(15-20)29-13-12-25(2)3/h4-9,14-15,23,27-28H,10-13,16-18H2,1-3H3/t23-,24-/m0/s1. The molecular weight excluding hydrogens is 380 g/mol. The smallest absolute Gasteiger partial charge is 0.137 e. The Hall–Kier alpha value is -2.12. The van der Waals surface area contributed by atoms with Gasteiger partial charge >= 0.3 is 0 Å². The van der Waals surface area contributed by atoms with Crippen molar-refractivity contribution in [1.82, 2.24) is 9.80 Å². The number of piperidine rings is 1. The lowest BCUT2D eigenvalue weighted by Crippen LogP contribution is -2.59. The van der Waals surface area contributed by atoms with Gasteiger partial charge < -0.3 is 24.6 Å². The van der Waals surface area contributed by atoms with Crippen molar-refractivity contribution in [3.63, 3.8) is 0 Å². The largest absolute Gasteiger partial charge is 0.492 e. The van der Waals surface area contributed by atoms with Gasteiger partial charge in [0, 0.05) is 26.2 Å². The molecule has 0 bridgehead atoms. The molecule has 0 aliphatic carbocycles. The third kappa shape index (κ3) is 6.44. The molecule has 0 aromatic heterocycles. The highest BCUT2D eigenvalue weighted by Gasteiger charge is 2.42. The zero-order valence-corrected chi connectivity index (χ0v) is 18.3. The van der Waals surface area contributed by atoms with Crippen LogP contribution >= 0.6 is 0 Å². The number of benzene rings is 2. The molecule has 0 saturated carbocycles. The molecule has 164 valence electrons. The zero-order chi connectivity index (χ0) is 21.6. The first-order valence-electron chi connectivity index (χ1n) is 10.5. The summed E-state index contributed by atoms with van der Waals surface area (Å²) >= 11 is 0. The van der Waals surface area contributed by atoms with Gasteiger partial charge in [-0.15, -0.1) is 0 Å². The van der Waals surface area contributed by atoms with Crippen LogP contribution in [-0.2, 0) is 6.54 Å². The fourth-order valence-electron chi connectivity index (χ4n) is 3.67. The van der Waals surface area contributed by atoms with E-state index in [4.69, 9.17) is 9.47 Å². The molecule has 2 atom stereocenters. The number of nitrogens with zero attached hydrogens (tertiary/aromatic N) is 2. The van der Waals surface area contributed by atoms with E-state index in [1.165, 1.54) is 0 Å². The third-order valence-electron chi connectivity index (χ3n) is 5.43. The number of aryl methyl sites for hydroxylation is 1. The Kier molecular flexibility index (Phi) is 7.72. The molecule has 2 aromatic carbocycles. The fraction of sp³-hybridized carbons (Fsp3) is 0.500. The molecular formula is C24H34N2O4. The minimum absolute atomic E-state index is 0.0573. The van der Waals surface area contributed by atoms with Crippen molar-refractivity contribution in [3.05, 3.63) is 59.7 Å². The Morgan fingerprint density at radius 2 is 1.83 bits per heavy atom. The molecule has 0 unspecified atom stereocenters. The lowest BCUT2D eigenvalue weighted by atomic mass is 9.90. The minimum atomic E-state index is -1.30. The van der Waals surface area contributed by atoms with Gasteiger partial charge in [0.2, 0.25) is 0 Å². The van der Waals surface area contributed by atoms with Crippen molar-refractivity contribution in [1.29, 1.82) is 0 Å². The molecule has 2 aromatic rings. The molecule has 6 heteroatoms. The molecule has 1 saturated heterocycles. The topological polar surface area (TPSA) is 65.4 Å². The van der Waals surface area contributed by atoms with Crippen LogP contribution in [0.15, 0.2) is 48.5 Å². The fourth-order valence-corrected chi connectivity index (χ4v) is 3.67. The summed E-state index contributed by atoms with van der Waals surface area (Å²) in [5, 5.41) is 21.5. The number of aliphatic hydroxyl groups excluding tert-OH is 1. The first-order valence-corrected chi connectivity index (χ1v) is 10.5. The van der Waals surface area contributed by atoms with Crippen molar-refractivity contribution in [3.8, 4) is 11.5 Å². The Balaban J connectivity index is 1.58. The second-order valence-electron chi connectivity index (χ2n) is 8.52. The third-order valence-corrected chi connectivity index (χ3v) is 5.43. The molecule has 1 heterocycles. The summed E-state index contributed by atoms with van der Waals surface area (Å²) in [6, 6.07) is 15.8. The van der Waals surface area contributed by atoms with Crippen molar-refractivity contribution in [2.24, 2.45) is 0 Å². The van der Waals surface area contributed by atoms with Crippen LogP contribution in [0.5, 0.6) is 11.5 Å². The molecule has 1 aliphatic heterocycles. The van der Waals surface area contributed by atoms with E-state index in [1.807, 2.05) is 63.5 Å². The Labute approximate surface area is 179 Å². The van der Waals surface area contributed by atoms with Crippen LogP contribution in [0.1, 0.15) is 17.5 Å². The number of ether oxygens (including phenoxy) is 2. The lowest BCUT2D eigenvalue weighted by Gasteiger charge is -2.42. The summed E-state index contributed by atoms with van der Waals surface area (Å²) in [4.78, 5) is 4.24. The van der Waals surface area contributed by atoms with Crippen molar-refractivity contribution >= 4 is 0 Å². The van der Waals surface area contributed by atoms with Gasteiger partial charge in [0.15, 0.2) is 0 Å². The van der Waals surface area contributed by atoms with Gasteiger partial charge in [0.05, 0.1) is 6.10 Å². The van der Waals surface area contributed by atoms with Crippen molar-refractivity contribution < 1.29 is 19.7 Å². The summed E-state index contributed by atoms with van der Waals surface area (Å²) in [5.41, 5.74) is 0.913. The van der Waals surface area contributed by atoms with E-state index in [1.54, 1.807) is 0 Å². The zero-order valence-electron chi connectivity index (χ0n) is 18.3. The van der Waals surface area contributed by atoms with E-state index in [0.29, 0.717) is 31.9 Å². The normalized spacial score (nSPS) is 22.3. The van der Waals surface area contributed by atoms with Crippen LogP contribution in [0.2, 0.25) is 0 Å². The SMILES string of the molecule is Cc1cccc(OC[C@@]2(O)CN(Cc3cccc(OCCN(C)C)c3)CC[C@@H]2O)c1. The Morgan fingerprint density at radius 1 is 1.10 bits per heavy atom. The van der Waals surface area contributed by atoms with E-state index in [9.17, 15) is 10.2 Å². The highest BCUT2D eigenvalue weighted by Crippen LogP contribution is 2.26. The quantitative estimate of drug-likeness (QED) is 0.657. The highest BCUT2D eigenvalue weighted by molar-refractivity contribution is 5.29. The van der Waals surface area contributed by atoms with E-state index >= 15 is 0 Å². The predicted molar refractivity (Wildman–Crippen MR) is 118 cm³/mol. The van der Waals surface area contributed by atoms with Gasteiger partial charge in [-0.05, 0) is 62.8 Å². The number of likely N-dealkylation sites (N-methyl/N-ethyl adjacent to an activating group) is 1. The maximum Gasteiger partial charge on any atom is 0.137 e. The van der Waals surface area contributed by atoms with E-state index in [0.717, 1.165) is 30.0 Å². The molecule has 0 radical (unpaired) electrons. The van der Waals surface area contributed by atoms with Crippen LogP contribution in [0, 0.1) is 6.92 Å². The van der Waals surface area contributed by atoms with Crippen LogP contribution in [0.4, 0.5) is 0 Å². The summed E-state index contributed by atoms with van der Waals surface area (Å²) in [5.74, 6) is 1.56. The summed E-state index contributed by atoms with van der Waals surface area (Å²) in [7, 11) is 4.04. The lowest BCUT2D eigenvalue weighted by molar-refractivity contribution is -0.140. The van der Waals surface area contributed by atoms with Crippen molar-refractivity contribution in [2.75, 3.05) is 46.9 Å². The maximum atomic E-state index is 11.1. The molecule has 1 fully saturated rings. The second kappa shape index (κ2) is 10.3. The van der Waals surface area contributed by atoms with E-state index in [2.05, 4.69) is 15.9 Å². The van der Waals surface area contributed by atoms with E-state index < -0.39 is 11.7 Å². The van der Waals surface area contributed by atoms with Gasteiger partial charge in [0.1, 0.15) is 30.3 Å². The summed E-state index contributed by atoms with van der Waals surface area (Å²) < 4.78 is 11.7. The average Bonchev–Trinajstić information content (AvgIpc) is 2.70. The maximum absolute atomic E-state index is 11.1. The second-order valence-corrected chi connectivity index (χ2v) is 8.52. The van der Waals surface area contributed by atoms with Crippen LogP contribution in [0.25, 0.3) is 0 Å².